The van der Waals surface area contributed by atoms with E-state index in [9.17, 15) is 9.90 Å². The third-order valence-corrected chi connectivity index (χ3v) is 5.72. The number of benzene rings is 2. The van der Waals surface area contributed by atoms with Crippen LogP contribution < -0.4 is 4.74 Å². The Morgan fingerprint density at radius 1 is 1.07 bits per heavy atom. The molecule has 1 atom stereocenters. The zero-order valence-corrected chi connectivity index (χ0v) is 17.1. The van der Waals surface area contributed by atoms with Gasteiger partial charge in [0.15, 0.2) is 5.78 Å². The number of carbonyl (C=O) groups is 1. The molecule has 1 saturated carbocycles. The van der Waals surface area contributed by atoms with Crippen molar-refractivity contribution in [2.45, 2.75) is 59.0 Å². The summed E-state index contributed by atoms with van der Waals surface area (Å²) in [6.07, 6.45) is 10.0. The molecule has 1 aliphatic carbocycles. The molecule has 0 bridgehead atoms. The molecule has 0 heterocycles. The van der Waals surface area contributed by atoms with Crippen LogP contribution >= 0.6 is 0 Å². The second-order valence-corrected chi connectivity index (χ2v) is 7.95. The van der Waals surface area contributed by atoms with Crippen molar-refractivity contribution in [1.82, 2.24) is 0 Å². The second-order valence-electron chi connectivity index (χ2n) is 7.95. The minimum absolute atomic E-state index is 0.0461. The molecule has 0 saturated heterocycles. The van der Waals surface area contributed by atoms with Crippen LogP contribution in [0.5, 0.6) is 11.5 Å². The van der Waals surface area contributed by atoms with Crippen molar-refractivity contribution in [1.29, 1.82) is 0 Å². The fourth-order valence-corrected chi connectivity index (χ4v) is 3.97. The molecule has 2 aromatic rings. The molecule has 3 rings (SSSR count). The third-order valence-electron chi connectivity index (χ3n) is 5.72. The van der Waals surface area contributed by atoms with Crippen LogP contribution in [0, 0.1) is 19.8 Å². The Morgan fingerprint density at radius 2 is 1.68 bits per heavy atom. The van der Waals surface area contributed by atoms with Gasteiger partial charge in [0, 0.05) is 5.56 Å². The number of phenolic OH excluding ortho intramolecular Hbond substituents is 1. The lowest BCUT2D eigenvalue weighted by molar-refractivity contribution is 0.104. The molecule has 0 radical (unpaired) electrons. The molecule has 28 heavy (non-hydrogen) atoms. The largest absolute Gasteiger partial charge is 0.507 e. The average Bonchev–Trinajstić information content (AvgIpc) is 2.71. The molecule has 1 N–H and O–H groups in total. The Hall–Kier alpha value is -2.55. The molecular formula is C25H30O3. The number of hydrogen-bond acceptors (Lipinski definition) is 3. The number of rotatable bonds is 6. The lowest BCUT2D eigenvalue weighted by Crippen LogP contribution is -2.25. The maximum atomic E-state index is 12.5. The van der Waals surface area contributed by atoms with Crippen molar-refractivity contribution in [3.8, 4) is 11.5 Å². The van der Waals surface area contributed by atoms with Gasteiger partial charge in [-0.2, -0.15) is 0 Å². The van der Waals surface area contributed by atoms with Gasteiger partial charge in [0.25, 0.3) is 0 Å². The van der Waals surface area contributed by atoms with Gasteiger partial charge < -0.3 is 9.84 Å². The molecule has 2 aromatic carbocycles. The van der Waals surface area contributed by atoms with E-state index in [4.69, 9.17) is 4.74 Å². The van der Waals surface area contributed by atoms with Crippen molar-refractivity contribution >= 4 is 11.9 Å². The molecule has 3 heteroatoms. The van der Waals surface area contributed by atoms with Crippen LogP contribution in [0.3, 0.4) is 0 Å². The summed E-state index contributed by atoms with van der Waals surface area (Å²) in [7, 11) is 0. The summed E-state index contributed by atoms with van der Waals surface area (Å²) in [6, 6.07) is 11.2. The zero-order valence-electron chi connectivity index (χ0n) is 17.1. The molecule has 1 unspecified atom stereocenters. The third kappa shape index (κ3) is 5.03. The number of hydrogen-bond donors (Lipinski definition) is 1. The molecule has 148 valence electrons. The highest BCUT2D eigenvalue weighted by Crippen LogP contribution is 2.29. The van der Waals surface area contributed by atoms with Gasteiger partial charge in [0.2, 0.25) is 0 Å². The number of carbonyl (C=O) groups excluding carboxylic acids is 1. The molecule has 1 aliphatic rings. The molecule has 0 amide bonds. The SMILES string of the molecule is Cc1cc(/C=C/C(=O)c2ccc(OC(C)C3CCCCC3)cc2)cc(C)c1O. The first kappa shape index (κ1) is 20.2. The topological polar surface area (TPSA) is 46.5 Å². The van der Waals surface area contributed by atoms with Gasteiger partial charge in [-0.25, -0.2) is 0 Å². The fraction of sp³-hybridized carbons (Fsp3) is 0.400. The van der Waals surface area contributed by atoms with Gasteiger partial charge >= 0.3 is 0 Å². The number of aromatic hydroxyl groups is 1. The number of aryl methyl sites for hydroxylation is 2. The summed E-state index contributed by atoms with van der Waals surface area (Å²) < 4.78 is 6.10. The van der Waals surface area contributed by atoms with Crippen LogP contribution in [0.1, 0.15) is 66.1 Å². The Balaban J connectivity index is 1.61. The van der Waals surface area contributed by atoms with Crippen molar-refractivity contribution < 1.29 is 14.6 Å². The van der Waals surface area contributed by atoms with Crippen molar-refractivity contribution in [2.75, 3.05) is 0 Å². The smallest absolute Gasteiger partial charge is 0.185 e. The van der Waals surface area contributed by atoms with E-state index in [1.807, 2.05) is 50.2 Å². The lowest BCUT2D eigenvalue weighted by Gasteiger charge is -2.28. The summed E-state index contributed by atoms with van der Waals surface area (Å²) in [5.41, 5.74) is 3.16. The average molecular weight is 379 g/mol. The molecule has 0 aromatic heterocycles. The first-order chi connectivity index (χ1) is 13.4. The number of ketones is 1. The first-order valence-corrected chi connectivity index (χ1v) is 10.2. The lowest BCUT2D eigenvalue weighted by atomic mass is 9.86. The first-order valence-electron chi connectivity index (χ1n) is 10.2. The van der Waals surface area contributed by atoms with E-state index in [0.717, 1.165) is 22.4 Å². The van der Waals surface area contributed by atoms with Gasteiger partial charge in [0.1, 0.15) is 11.5 Å². The predicted molar refractivity (Wildman–Crippen MR) is 114 cm³/mol. The molecule has 1 fully saturated rings. The van der Waals surface area contributed by atoms with Crippen molar-refractivity contribution in [3.05, 3.63) is 64.7 Å². The Labute approximate surface area is 168 Å². The second kappa shape index (κ2) is 9.09. The van der Waals surface area contributed by atoms with Crippen LogP contribution in [0.4, 0.5) is 0 Å². The summed E-state index contributed by atoms with van der Waals surface area (Å²) >= 11 is 0. The van der Waals surface area contributed by atoms with E-state index >= 15 is 0 Å². The van der Waals surface area contributed by atoms with Gasteiger partial charge in [-0.1, -0.05) is 25.3 Å². The fourth-order valence-electron chi connectivity index (χ4n) is 3.97. The van der Waals surface area contributed by atoms with Gasteiger partial charge in [0.05, 0.1) is 6.10 Å². The maximum absolute atomic E-state index is 12.5. The van der Waals surface area contributed by atoms with Crippen LogP contribution in [0.15, 0.2) is 42.5 Å². The molecule has 3 nitrogen and oxygen atoms in total. The van der Waals surface area contributed by atoms with E-state index in [1.54, 1.807) is 12.2 Å². The van der Waals surface area contributed by atoms with Crippen LogP contribution in [0.25, 0.3) is 6.08 Å². The highest BCUT2D eigenvalue weighted by atomic mass is 16.5. The van der Waals surface area contributed by atoms with E-state index < -0.39 is 0 Å². The molecule has 0 aliphatic heterocycles. The highest BCUT2D eigenvalue weighted by molar-refractivity contribution is 6.06. The Bertz CT molecular complexity index is 820. The van der Waals surface area contributed by atoms with E-state index in [2.05, 4.69) is 6.92 Å². The van der Waals surface area contributed by atoms with Gasteiger partial charge in [-0.05, 0) is 98.7 Å². The van der Waals surface area contributed by atoms with Gasteiger partial charge in [-0.3, -0.25) is 4.79 Å². The minimum atomic E-state index is -0.0461. The van der Waals surface area contributed by atoms with E-state index in [-0.39, 0.29) is 11.9 Å². The van der Waals surface area contributed by atoms with Crippen LogP contribution in [0.2, 0.25) is 0 Å². The summed E-state index contributed by atoms with van der Waals surface area (Å²) in [4.78, 5) is 12.5. The molecular weight excluding hydrogens is 348 g/mol. The van der Waals surface area contributed by atoms with Crippen LogP contribution in [-0.2, 0) is 0 Å². The summed E-state index contributed by atoms with van der Waals surface area (Å²) in [5, 5.41) is 9.85. The number of phenols is 1. The predicted octanol–water partition coefficient (Wildman–Crippen LogP) is 6.25. The normalized spacial score (nSPS) is 16.2. The van der Waals surface area contributed by atoms with Gasteiger partial charge in [-0.15, -0.1) is 0 Å². The van der Waals surface area contributed by atoms with Crippen molar-refractivity contribution in [2.24, 2.45) is 5.92 Å². The summed E-state index contributed by atoms with van der Waals surface area (Å²) in [6.45, 7) is 5.86. The Morgan fingerprint density at radius 3 is 2.29 bits per heavy atom. The Kier molecular flexibility index (Phi) is 6.56. The van der Waals surface area contributed by atoms with E-state index in [1.165, 1.54) is 32.1 Å². The summed E-state index contributed by atoms with van der Waals surface area (Å²) in [5.74, 6) is 1.72. The minimum Gasteiger partial charge on any atom is -0.507 e. The maximum Gasteiger partial charge on any atom is 0.185 e. The zero-order chi connectivity index (χ0) is 20.1. The van der Waals surface area contributed by atoms with E-state index in [0.29, 0.717) is 17.2 Å². The van der Waals surface area contributed by atoms with Crippen molar-refractivity contribution in [3.63, 3.8) is 0 Å². The quantitative estimate of drug-likeness (QED) is 0.477. The molecule has 0 spiro atoms. The number of allylic oxidation sites excluding steroid dienone is 1. The van der Waals surface area contributed by atoms with Crippen LogP contribution in [-0.4, -0.2) is 17.0 Å². The monoisotopic (exact) mass is 378 g/mol. The number of ether oxygens (including phenoxy) is 1. The highest BCUT2D eigenvalue weighted by Gasteiger charge is 2.21. The standard InChI is InChI=1S/C25H30O3/c1-17-15-20(16-18(2)25(17)27)9-14-24(26)22-10-12-23(13-11-22)28-19(3)21-7-5-4-6-8-21/h9-16,19,21,27H,4-8H2,1-3H3/b14-9+.